The fourth-order valence-electron chi connectivity index (χ4n) is 4.35. The highest BCUT2D eigenvalue weighted by atomic mass is 32.2. The molecule has 8 nitrogen and oxygen atoms in total. The SMILES string of the molecule is CCOc1ccccc1N(CC(=O)N(Cc1ccccc1F)[C@@H](Cc1ccccc1)C(=O)NC(C)(C)C)S(C)(=O)=O. The van der Waals surface area contributed by atoms with Crippen molar-refractivity contribution in [3.05, 3.63) is 95.8 Å². The van der Waals surface area contributed by atoms with E-state index in [4.69, 9.17) is 4.74 Å². The Morgan fingerprint density at radius 1 is 0.951 bits per heavy atom. The van der Waals surface area contributed by atoms with Crippen molar-refractivity contribution in [2.24, 2.45) is 0 Å². The predicted octanol–water partition coefficient (Wildman–Crippen LogP) is 4.55. The first-order chi connectivity index (χ1) is 19.3. The van der Waals surface area contributed by atoms with E-state index in [-0.39, 0.29) is 30.8 Å². The summed E-state index contributed by atoms with van der Waals surface area (Å²) in [5.41, 5.74) is 0.556. The highest BCUT2D eigenvalue weighted by Crippen LogP contribution is 2.30. The normalized spacial score (nSPS) is 12.3. The van der Waals surface area contributed by atoms with Crippen molar-refractivity contribution in [3.63, 3.8) is 0 Å². The molecular formula is C31H38FN3O5S. The number of anilines is 1. The summed E-state index contributed by atoms with van der Waals surface area (Å²) in [5, 5.41) is 2.94. The Kier molecular flexibility index (Phi) is 10.5. The van der Waals surface area contributed by atoms with E-state index in [1.807, 2.05) is 51.1 Å². The number of nitrogens with zero attached hydrogens (tertiary/aromatic N) is 2. The van der Waals surface area contributed by atoms with Crippen LogP contribution in [0.15, 0.2) is 78.9 Å². The molecule has 0 aromatic heterocycles. The summed E-state index contributed by atoms with van der Waals surface area (Å²) in [4.78, 5) is 29.1. The van der Waals surface area contributed by atoms with Crippen LogP contribution in [0.4, 0.5) is 10.1 Å². The van der Waals surface area contributed by atoms with E-state index in [0.29, 0.717) is 5.75 Å². The summed E-state index contributed by atoms with van der Waals surface area (Å²) in [6.07, 6.45) is 1.13. The number of ether oxygens (including phenoxy) is 1. The van der Waals surface area contributed by atoms with E-state index in [1.165, 1.54) is 23.1 Å². The molecule has 0 bridgehead atoms. The standard InChI is InChI=1S/C31H38FN3O5S/c1-6-40-28-19-13-12-18-26(28)35(41(5,38)39)22-29(36)34(21-24-16-10-11-17-25(24)32)27(30(37)33-31(2,3)4)20-23-14-8-7-9-15-23/h7-19,27H,6,20-22H2,1-5H3,(H,33,37)/t27-/m0/s1. The highest BCUT2D eigenvalue weighted by molar-refractivity contribution is 7.92. The third kappa shape index (κ3) is 9.04. The van der Waals surface area contributed by atoms with Crippen LogP contribution in [-0.2, 0) is 32.6 Å². The molecule has 0 radical (unpaired) electrons. The summed E-state index contributed by atoms with van der Waals surface area (Å²) < 4.78 is 47.5. The van der Waals surface area contributed by atoms with Crippen LogP contribution in [0, 0.1) is 5.82 Å². The average Bonchev–Trinajstić information content (AvgIpc) is 2.90. The lowest BCUT2D eigenvalue weighted by Gasteiger charge is -2.35. The number of sulfonamides is 1. The van der Waals surface area contributed by atoms with Crippen molar-refractivity contribution in [1.29, 1.82) is 0 Å². The second-order valence-corrected chi connectivity index (χ2v) is 12.6. The van der Waals surface area contributed by atoms with E-state index in [9.17, 15) is 22.4 Å². The summed E-state index contributed by atoms with van der Waals surface area (Å²) in [7, 11) is -3.97. The first-order valence-electron chi connectivity index (χ1n) is 13.4. The van der Waals surface area contributed by atoms with Crippen LogP contribution in [0.3, 0.4) is 0 Å². The Labute approximate surface area is 242 Å². The topological polar surface area (TPSA) is 96.0 Å². The Balaban J connectivity index is 2.11. The zero-order valence-corrected chi connectivity index (χ0v) is 24.9. The van der Waals surface area contributed by atoms with Crippen molar-refractivity contribution in [3.8, 4) is 5.75 Å². The van der Waals surface area contributed by atoms with E-state index in [1.54, 1.807) is 37.3 Å². The first-order valence-corrected chi connectivity index (χ1v) is 15.2. The van der Waals surface area contributed by atoms with Crippen molar-refractivity contribution >= 4 is 27.5 Å². The summed E-state index contributed by atoms with van der Waals surface area (Å²) >= 11 is 0. The average molecular weight is 584 g/mol. The Morgan fingerprint density at radius 3 is 2.17 bits per heavy atom. The maximum atomic E-state index is 14.9. The molecule has 41 heavy (non-hydrogen) atoms. The number of carbonyl (C=O) groups excluding carboxylic acids is 2. The number of benzene rings is 3. The molecule has 0 aliphatic heterocycles. The van der Waals surface area contributed by atoms with Crippen molar-refractivity contribution in [2.45, 2.75) is 52.2 Å². The molecule has 0 aliphatic carbocycles. The fourth-order valence-corrected chi connectivity index (χ4v) is 5.21. The minimum atomic E-state index is -3.97. The van der Waals surface area contributed by atoms with Gasteiger partial charge in [0.25, 0.3) is 0 Å². The van der Waals surface area contributed by atoms with Crippen LogP contribution in [-0.4, -0.2) is 56.1 Å². The summed E-state index contributed by atoms with van der Waals surface area (Å²) in [6.45, 7) is 6.66. The second kappa shape index (κ2) is 13.6. The minimum Gasteiger partial charge on any atom is -0.492 e. The number of hydrogen-bond acceptors (Lipinski definition) is 5. The smallest absolute Gasteiger partial charge is 0.244 e. The molecular weight excluding hydrogens is 545 g/mol. The predicted molar refractivity (Wildman–Crippen MR) is 159 cm³/mol. The maximum absolute atomic E-state index is 14.9. The van der Waals surface area contributed by atoms with Crippen molar-refractivity contribution in [2.75, 3.05) is 23.7 Å². The van der Waals surface area contributed by atoms with Crippen LogP contribution in [0.1, 0.15) is 38.8 Å². The van der Waals surface area contributed by atoms with E-state index >= 15 is 0 Å². The number of nitrogens with one attached hydrogen (secondary N) is 1. The van der Waals surface area contributed by atoms with Gasteiger partial charge in [-0.05, 0) is 51.5 Å². The molecule has 0 aliphatic rings. The third-order valence-corrected chi connectivity index (χ3v) is 7.31. The minimum absolute atomic E-state index is 0.136. The molecule has 1 N–H and O–H groups in total. The molecule has 3 rings (SSSR count). The van der Waals surface area contributed by atoms with Crippen LogP contribution < -0.4 is 14.4 Å². The van der Waals surface area contributed by atoms with Gasteiger partial charge in [-0.1, -0.05) is 60.7 Å². The van der Waals surface area contributed by atoms with Crippen LogP contribution in [0.25, 0.3) is 0 Å². The molecule has 3 aromatic carbocycles. The Morgan fingerprint density at radius 2 is 1.56 bits per heavy atom. The molecule has 0 unspecified atom stereocenters. The van der Waals surface area contributed by atoms with Crippen molar-refractivity contribution in [1.82, 2.24) is 10.2 Å². The van der Waals surface area contributed by atoms with Gasteiger partial charge in [-0.2, -0.15) is 0 Å². The van der Waals surface area contributed by atoms with Gasteiger partial charge in [0, 0.05) is 24.1 Å². The number of hydrogen-bond donors (Lipinski definition) is 1. The maximum Gasteiger partial charge on any atom is 0.244 e. The summed E-state index contributed by atoms with van der Waals surface area (Å²) in [5.74, 6) is -1.36. The molecule has 0 saturated heterocycles. The molecule has 2 amide bonds. The van der Waals surface area contributed by atoms with Gasteiger partial charge < -0.3 is 15.0 Å². The van der Waals surface area contributed by atoms with Gasteiger partial charge >= 0.3 is 0 Å². The van der Waals surface area contributed by atoms with Crippen molar-refractivity contribution < 1.29 is 27.1 Å². The van der Waals surface area contributed by atoms with Gasteiger partial charge in [-0.25, -0.2) is 12.8 Å². The van der Waals surface area contributed by atoms with E-state index < -0.39 is 45.8 Å². The largest absolute Gasteiger partial charge is 0.492 e. The third-order valence-electron chi connectivity index (χ3n) is 6.18. The quantitative estimate of drug-likeness (QED) is 0.338. The van der Waals surface area contributed by atoms with E-state index in [0.717, 1.165) is 16.1 Å². The molecule has 0 spiro atoms. The van der Waals surface area contributed by atoms with Gasteiger partial charge in [-0.3, -0.25) is 13.9 Å². The monoisotopic (exact) mass is 583 g/mol. The molecule has 0 saturated carbocycles. The Bertz CT molecular complexity index is 1440. The van der Waals surface area contributed by atoms with Gasteiger partial charge in [0.2, 0.25) is 21.8 Å². The molecule has 220 valence electrons. The molecule has 0 fully saturated rings. The lowest BCUT2D eigenvalue weighted by Crippen LogP contribution is -2.56. The zero-order valence-electron chi connectivity index (χ0n) is 24.1. The van der Waals surface area contributed by atoms with Gasteiger partial charge in [0.15, 0.2) is 0 Å². The van der Waals surface area contributed by atoms with Crippen LogP contribution in [0.5, 0.6) is 5.75 Å². The number of carbonyl (C=O) groups is 2. The lowest BCUT2D eigenvalue weighted by molar-refractivity contribution is -0.140. The first kappa shape index (κ1) is 31.6. The Hall–Kier alpha value is -3.92. The van der Waals surface area contributed by atoms with Gasteiger partial charge in [-0.15, -0.1) is 0 Å². The number of amides is 2. The number of halogens is 1. The fraction of sp³-hybridized carbons (Fsp3) is 0.355. The molecule has 10 heteroatoms. The van der Waals surface area contributed by atoms with E-state index in [2.05, 4.69) is 5.32 Å². The lowest BCUT2D eigenvalue weighted by atomic mass is 10.0. The van der Waals surface area contributed by atoms with Gasteiger partial charge in [0.1, 0.15) is 24.2 Å². The number of rotatable bonds is 12. The van der Waals surface area contributed by atoms with Crippen LogP contribution in [0.2, 0.25) is 0 Å². The highest BCUT2D eigenvalue weighted by Gasteiger charge is 2.35. The van der Waals surface area contributed by atoms with Crippen LogP contribution >= 0.6 is 0 Å². The molecule has 0 heterocycles. The summed E-state index contributed by atoms with van der Waals surface area (Å²) in [6, 6.07) is 20.6. The molecule has 3 aromatic rings. The number of para-hydroxylation sites is 2. The zero-order chi connectivity index (χ0) is 30.2. The molecule has 1 atom stereocenters. The van der Waals surface area contributed by atoms with Gasteiger partial charge in [0.05, 0.1) is 18.6 Å². The second-order valence-electron chi connectivity index (χ2n) is 10.7.